The Bertz CT molecular complexity index is 541. The second-order valence-corrected chi connectivity index (χ2v) is 4.13. The van der Waals surface area contributed by atoms with E-state index in [2.05, 4.69) is 0 Å². The summed E-state index contributed by atoms with van der Waals surface area (Å²) in [4.78, 5) is 33.6. The lowest BCUT2D eigenvalue weighted by Crippen LogP contribution is -2.23. The highest BCUT2D eigenvalue weighted by atomic mass is 16.6. The first-order chi connectivity index (χ1) is 9.32. The molecule has 0 unspecified atom stereocenters. The molecule has 0 saturated carbocycles. The van der Waals surface area contributed by atoms with Crippen molar-refractivity contribution in [2.75, 3.05) is 20.7 Å². The van der Waals surface area contributed by atoms with Gasteiger partial charge in [-0.3, -0.25) is 14.9 Å². The fraction of sp³-hybridized carbons (Fsp3) is 0.333. The van der Waals surface area contributed by atoms with Gasteiger partial charge in [-0.2, -0.15) is 0 Å². The van der Waals surface area contributed by atoms with Gasteiger partial charge in [0.25, 0.3) is 0 Å². The molecule has 0 spiro atoms. The quantitative estimate of drug-likeness (QED) is 0.619. The number of rotatable bonds is 6. The highest BCUT2D eigenvalue weighted by molar-refractivity contribution is 5.88. The first-order valence-electron chi connectivity index (χ1n) is 5.67. The third-order valence-corrected chi connectivity index (χ3v) is 2.47. The van der Waals surface area contributed by atoms with Crippen LogP contribution >= 0.6 is 0 Å². The van der Waals surface area contributed by atoms with E-state index in [0.29, 0.717) is 0 Å². The Morgan fingerprint density at radius 3 is 2.55 bits per heavy atom. The molecule has 0 bridgehead atoms. The number of amides is 1. The SMILES string of the molecule is CN(C)C(=O)CCOc1ccc(C(=O)O)cc1[N+](=O)[O-]. The average Bonchev–Trinajstić information content (AvgIpc) is 2.38. The minimum absolute atomic E-state index is 0.0235. The number of nitro groups is 1. The van der Waals surface area contributed by atoms with Crippen LogP contribution in [0.2, 0.25) is 0 Å². The van der Waals surface area contributed by atoms with E-state index in [4.69, 9.17) is 9.84 Å². The minimum atomic E-state index is -1.26. The Labute approximate surface area is 114 Å². The molecule has 0 aliphatic heterocycles. The van der Waals surface area contributed by atoms with Crippen LogP contribution in [0.25, 0.3) is 0 Å². The van der Waals surface area contributed by atoms with Crippen molar-refractivity contribution in [2.45, 2.75) is 6.42 Å². The maximum absolute atomic E-state index is 11.3. The lowest BCUT2D eigenvalue weighted by atomic mass is 10.2. The molecule has 0 radical (unpaired) electrons. The molecule has 108 valence electrons. The number of carboxylic acids is 1. The summed E-state index contributed by atoms with van der Waals surface area (Å²) in [6, 6.07) is 3.34. The zero-order valence-electron chi connectivity index (χ0n) is 11.0. The molecule has 1 aromatic rings. The molecule has 0 atom stereocenters. The van der Waals surface area contributed by atoms with E-state index in [1.165, 1.54) is 17.0 Å². The first-order valence-corrected chi connectivity index (χ1v) is 5.67. The van der Waals surface area contributed by atoms with Crippen LogP contribution in [0.1, 0.15) is 16.8 Å². The van der Waals surface area contributed by atoms with Crippen LogP contribution in [0.3, 0.4) is 0 Å². The molecule has 0 aromatic heterocycles. The summed E-state index contributed by atoms with van der Waals surface area (Å²) in [5.41, 5.74) is -0.643. The van der Waals surface area contributed by atoms with Gasteiger partial charge in [0.15, 0.2) is 5.75 Å². The molecule has 8 heteroatoms. The number of hydrogen-bond donors (Lipinski definition) is 1. The van der Waals surface area contributed by atoms with Gasteiger partial charge < -0.3 is 14.7 Å². The molecule has 1 rings (SSSR count). The summed E-state index contributed by atoms with van der Waals surface area (Å²) in [7, 11) is 3.18. The predicted octanol–water partition coefficient (Wildman–Crippen LogP) is 1.15. The monoisotopic (exact) mass is 282 g/mol. The number of hydrogen-bond acceptors (Lipinski definition) is 5. The van der Waals surface area contributed by atoms with Crippen molar-refractivity contribution < 1.29 is 24.4 Å². The molecule has 1 amide bonds. The van der Waals surface area contributed by atoms with Crippen molar-refractivity contribution in [2.24, 2.45) is 0 Å². The third-order valence-electron chi connectivity index (χ3n) is 2.47. The molecule has 0 heterocycles. The van der Waals surface area contributed by atoms with Crippen LogP contribution in [0.15, 0.2) is 18.2 Å². The summed E-state index contributed by atoms with van der Waals surface area (Å²) >= 11 is 0. The number of carbonyl (C=O) groups excluding carboxylic acids is 1. The molecule has 0 saturated heterocycles. The molecule has 1 N–H and O–H groups in total. The van der Waals surface area contributed by atoms with Crippen LogP contribution in [0, 0.1) is 10.1 Å². The molecule has 8 nitrogen and oxygen atoms in total. The summed E-state index contributed by atoms with van der Waals surface area (Å²) < 4.78 is 5.17. The van der Waals surface area contributed by atoms with Crippen LogP contribution in [-0.4, -0.2) is 47.5 Å². The maximum atomic E-state index is 11.3. The van der Waals surface area contributed by atoms with E-state index in [1.807, 2.05) is 0 Å². The van der Waals surface area contributed by atoms with E-state index < -0.39 is 16.6 Å². The summed E-state index contributed by atoms with van der Waals surface area (Å²) in [6.07, 6.45) is 0.0742. The van der Waals surface area contributed by atoms with Gasteiger partial charge in [0.1, 0.15) is 0 Å². The van der Waals surface area contributed by atoms with Crippen molar-refractivity contribution in [3.8, 4) is 5.75 Å². The van der Waals surface area contributed by atoms with Crippen molar-refractivity contribution in [3.63, 3.8) is 0 Å². The van der Waals surface area contributed by atoms with Crippen molar-refractivity contribution in [1.29, 1.82) is 0 Å². The van der Waals surface area contributed by atoms with E-state index in [9.17, 15) is 19.7 Å². The van der Waals surface area contributed by atoms with Crippen molar-refractivity contribution in [3.05, 3.63) is 33.9 Å². The highest BCUT2D eigenvalue weighted by Crippen LogP contribution is 2.28. The fourth-order valence-electron chi connectivity index (χ4n) is 1.39. The summed E-state index contributed by atoms with van der Waals surface area (Å²) in [5.74, 6) is -1.50. The van der Waals surface area contributed by atoms with Crippen LogP contribution in [-0.2, 0) is 4.79 Å². The zero-order valence-corrected chi connectivity index (χ0v) is 11.0. The van der Waals surface area contributed by atoms with Gasteiger partial charge >= 0.3 is 11.7 Å². The first kappa shape index (κ1) is 15.4. The molecular weight excluding hydrogens is 268 g/mol. The van der Waals surface area contributed by atoms with Gasteiger partial charge in [-0.15, -0.1) is 0 Å². The summed E-state index contributed by atoms with van der Waals surface area (Å²) in [5, 5.41) is 19.6. The van der Waals surface area contributed by atoms with Gasteiger partial charge in [-0.05, 0) is 12.1 Å². The Morgan fingerprint density at radius 1 is 1.40 bits per heavy atom. The number of carboxylic acid groups (broad SMARTS) is 1. The number of nitrogens with zero attached hydrogens (tertiary/aromatic N) is 2. The number of carbonyl (C=O) groups is 2. The third kappa shape index (κ3) is 3.94. The molecule has 1 aromatic carbocycles. The lowest BCUT2D eigenvalue weighted by molar-refractivity contribution is -0.385. The van der Waals surface area contributed by atoms with Crippen molar-refractivity contribution in [1.82, 2.24) is 4.90 Å². The normalized spacial score (nSPS) is 9.90. The van der Waals surface area contributed by atoms with Crippen LogP contribution in [0.5, 0.6) is 5.75 Å². The molecule has 0 aliphatic carbocycles. The predicted molar refractivity (Wildman–Crippen MR) is 68.9 cm³/mol. The van der Waals surface area contributed by atoms with Gasteiger partial charge in [0.2, 0.25) is 5.91 Å². The average molecular weight is 282 g/mol. The topological polar surface area (TPSA) is 110 Å². The standard InChI is InChI=1S/C12H14N2O6/c1-13(2)11(15)5-6-20-10-4-3-8(12(16)17)7-9(10)14(18)19/h3-4,7H,5-6H2,1-2H3,(H,16,17). The van der Waals surface area contributed by atoms with Crippen LogP contribution in [0.4, 0.5) is 5.69 Å². The Morgan fingerprint density at radius 2 is 2.05 bits per heavy atom. The van der Waals surface area contributed by atoms with E-state index >= 15 is 0 Å². The van der Waals surface area contributed by atoms with E-state index in [-0.39, 0.29) is 30.2 Å². The molecule has 20 heavy (non-hydrogen) atoms. The Kier molecular flexibility index (Phi) is 5.01. The second-order valence-electron chi connectivity index (χ2n) is 4.13. The lowest BCUT2D eigenvalue weighted by Gasteiger charge is -2.11. The largest absolute Gasteiger partial charge is 0.486 e. The van der Waals surface area contributed by atoms with Gasteiger partial charge in [0, 0.05) is 20.2 Å². The fourth-order valence-corrected chi connectivity index (χ4v) is 1.39. The molecule has 0 aliphatic rings. The second kappa shape index (κ2) is 6.50. The van der Waals surface area contributed by atoms with Crippen LogP contribution < -0.4 is 4.74 Å². The van der Waals surface area contributed by atoms with Crippen molar-refractivity contribution >= 4 is 17.6 Å². The van der Waals surface area contributed by atoms with Gasteiger partial charge in [-0.25, -0.2) is 4.79 Å². The minimum Gasteiger partial charge on any atom is -0.486 e. The van der Waals surface area contributed by atoms with E-state index in [1.54, 1.807) is 14.1 Å². The number of benzene rings is 1. The highest BCUT2D eigenvalue weighted by Gasteiger charge is 2.18. The number of ether oxygens (including phenoxy) is 1. The zero-order chi connectivity index (χ0) is 15.3. The maximum Gasteiger partial charge on any atom is 0.335 e. The van der Waals surface area contributed by atoms with Gasteiger partial charge in [0.05, 0.1) is 23.5 Å². The number of aromatic carboxylic acids is 1. The van der Waals surface area contributed by atoms with E-state index in [0.717, 1.165) is 6.07 Å². The Hall–Kier alpha value is -2.64. The van der Waals surface area contributed by atoms with Gasteiger partial charge in [-0.1, -0.05) is 0 Å². The molecule has 0 fully saturated rings. The number of nitro benzene ring substituents is 1. The smallest absolute Gasteiger partial charge is 0.335 e. The summed E-state index contributed by atoms with van der Waals surface area (Å²) in [6.45, 7) is -0.0235. The Balaban J connectivity index is 2.82. The molecular formula is C12H14N2O6.